The van der Waals surface area contributed by atoms with E-state index in [-0.39, 0.29) is 5.91 Å². The Labute approximate surface area is 154 Å². The molecule has 0 saturated carbocycles. The molecule has 1 atom stereocenters. The minimum atomic E-state index is -0.596. The number of hydrogen-bond acceptors (Lipinski definition) is 7. The molecule has 0 N–H and O–H groups in total. The topological polar surface area (TPSA) is 106 Å². The van der Waals surface area contributed by atoms with E-state index in [2.05, 4.69) is 21.4 Å². The van der Waals surface area contributed by atoms with Gasteiger partial charge < -0.3 is 14.4 Å². The summed E-state index contributed by atoms with van der Waals surface area (Å²) in [6.45, 7) is 0.505. The number of methoxy groups -OCH3 is 2. The van der Waals surface area contributed by atoms with E-state index in [0.717, 1.165) is 11.1 Å². The van der Waals surface area contributed by atoms with Gasteiger partial charge in [0, 0.05) is 30.6 Å². The monoisotopic (exact) mass is 364 g/mol. The normalized spacial score (nSPS) is 16.6. The Hall–Kier alpha value is -3.67. The zero-order chi connectivity index (χ0) is 19.0. The summed E-state index contributed by atoms with van der Waals surface area (Å²) in [6, 6.07) is 7.46. The fraction of sp³-hybridized carbons (Fsp3) is 0.278. The van der Waals surface area contributed by atoms with E-state index < -0.39 is 5.92 Å². The van der Waals surface area contributed by atoms with Crippen LogP contribution in [0.15, 0.2) is 30.6 Å². The van der Waals surface area contributed by atoms with Crippen molar-refractivity contribution in [3.63, 3.8) is 0 Å². The first kappa shape index (κ1) is 16.8. The Kier molecular flexibility index (Phi) is 4.08. The van der Waals surface area contributed by atoms with E-state index >= 15 is 0 Å². The highest BCUT2D eigenvalue weighted by molar-refractivity contribution is 6.02. The van der Waals surface area contributed by atoms with Crippen LogP contribution in [0.3, 0.4) is 0 Å². The summed E-state index contributed by atoms with van der Waals surface area (Å²) in [6.07, 6.45) is 3.97. The van der Waals surface area contributed by atoms with Crippen LogP contribution in [0.25, 0.3) is 16.6 Å². The van der Waals surface area contributed by atoms with E-state index in [1.54, 1.807) is 27.7 Å². The summed E-state index contributed by atoms with van der Waals surface area (Å²) in [5.41, 5.74) is 2.95. The highest BCUT2D eigenvalue weighted by Gasteiger charge is 2.33. The highest BCUT2D eigenvalue weighted by atomic mass is 16.5. The maximum absolute atomic E-state index is 12.5. The standard InChI is InChI=1S/C18H16N6O3/c1-26-16-8-13(17(27-2)22-21-16)12-7-15-14(3-5-20-24(15)10-12)23-6-4-11(9-19)18(23)25/h3,5,7-8,10-11H,4,6H2,1-2H3. The largest absolute Gasteiger partial charge is 0.480 e. The lowest BCUT2D eigenvalue weighted by Gasteiger charge is -2.16. The minimum Gasteiger partial charge on any atom is -0.480 e. The highest BCUT2D eigenvalue weighted by Crippen LogP contribution is 2.35. The van der Waals surface area contributed by atoms with Gasteiger partial charge in [0.05, 0.1) is 37.1 Å². The molecule has 0 spiro atoms. The molecular weight excluding hydrogens is 348 g/mol. The maximum atomic E-state index is 12.5. The van der Waals surface area contributed by atoms with Crippen LogP contribution < -0.4 is 14.4 Å². The number of ether oxygens (including phenoxy) is 2. The van der Waals surface area contributed by atoms with E-state index in [1.165, 1.54) is 14.2 Å². The summed E-state index contributed by atoms with van der Waals surface area (Å²) in [4.78, 5) is 14.1. The molecule has 4 heterocycles. The van der Waals surface area contributed by atoms with E-state index in [9.17, 15) is 4.79 Å². The van der Waals surface area contributed by atoms with Gasteiger partial charge in [0.25, 0.3) is 0 Å². The van der Waals surface area contributed by atoms with Gasteiger partial charge in [-0.05, 0) is 18.6 Å². The second-order valence-electron chi connectivity index (χ2n) is 6.04. The molecular formula is C18H16N6O3. The molecule has 9 heteroatoms. The number of anilines is 1. The van der Waals surface area contributed by atoms with Crippen molar-refractivity contribution in [2.75, 3.05) is 25.7 Å². The van der Waals surface area contributed by atoms with Gasteiger partial charge in [0.2, 0.25) is 17.7 Å². The van der Waals surface area contributed by atoms with Gasteiger partial charge in [-0.3, -0.25) is 4.79 Å². The number of nitriles is 1. The number of rotatable bonds is 4. The summed E-state index contributed by atoms with van der Waals surface area (Å²) in [5.74, 6) is -0.0598. The molecule has 1 saturated heterocycles. The Balaban J connectivity index is 1.83. The van der Waals surface area contributed by atoms with Crippen molar-refractivity contribution in [3.05, 3.63) is 30.6 Å². The first-order chi connectivity index (χ1) is 13.2. The lowest BCUT2D eigenvalue weighted by molar-refractivity contribution is -0.118. The van der Waals surface area contributed by atoms with Gasteiger partial charge in [0.1, 0.15) is 5.92 Å². The third-order valence-electron chi connectivity index (χ3n) is 4.59. The van der Waals surface area contributed by atoms with Gasteiger partial charge in [-0.15, -0.1) is 10.2 Å². The quantitative estimate of drug-likeness (QED) is 0.693. The predicted octanol–water partition coefficient (Wildman–Crippen LogP) is 1.68. The summed E-state index contributed by atoms with van der Waals surface area (Å²) in [7, 11) is 3.03. The lowest BCUT2D eigenvalue weighted by Crippen LogP contribution is -2.27. The fourth-order valence-corrected chi connectivity index (χ4v) is 3.23. The van der Waals surface area contributed by atoms with E-state index in [1.807, 2.05) is 12.3 Å². The molecule has 1 fully saturated rings. The van der Waals surface area contributed by atoms with Crippen LogP contribution in [-0.2, 0) is 4.79 Å². The number of nitrogens with zero attached hydrogens (tertiary/aromatic N) is 6. The van der Waals surface area contributed by atoms with Gasteiger partial charge in [-0.1, -0.05) is 0 Å². The van der Waals surface area contributed by atoms with Crippen molar-refractivity contribution in [3.8, 4) is 29.0 Å². The van der Waals surface area contributed by atoms with Crippen LogP contribution in [0.2, 0.25) is 0 Å². The van der Waals surface area contributed by atoms with Crippen molar-refractivity contribution in [1.82, 2.24) is 19.8 Å². The second kappa shape index (κ2) is 6.57. The van der Waals surface area contributed by atoms with E-state index in [0.29, 0.717) is 36.0 Å². The van der Waals surface area contributed by atoms with Gasteiger partial charge >= 0.3 is 0 Å². The number of carbonyl (C=O) groups is 1. The lowest BCUT2D eigenvalue weighted by atomic mass is 10.1. The third kappa shape index (κ3) is 2.71. The Morgan fingerprint density at radius 2 is 2.11 bits per heavy atom. The van der Waals surface area contributed by atoms with Crippen LogP contribution >= 0.6 is 0 Å². The van der Waals surface area contributed by atoms with Crippen molar-refractivity contribution >= 4 is 17.1 Å². The van der Waals surface area contributed by atoms with Crippen LogP contribution in [0.4, 0.5) is 5.69 Å². The summed E-state index contributed by atoms with van der Waals surface area (Å²) < 4.78 is 12.2. The number of hydrogen-bond donors (Lipinski definition) is 0. The predicted molar refractivity (Wildman–Crippen MR) is 95.4 cm³/mol. The molecule has 0 aromatic carbocycles. The molecule has 0 aliphatic carbocycles. The van der Waals surface area contributed by atoms with Crippen LogP contribution in [0.1, 0.15) is 6.42 Å². The zero-order valence-electron chi connectivity index (χ0n) is 14.8. The molecule has 1 aliphatic heterocycles. The smallest absolute Gasteiger partial charge is 0.244 e. The first-order valence-corrected chi connectivity index (χ1v) is 8.30. The number of carbonyl (C=O) groups excluding carboxylic acids is 1. The maximum Gasteiger partial charge on any atom is 0.244 e. The second-order valence-corrected chi connectivity index (χ2v) is 6.04. The molecule has 3 aromatic heterocycles. The third-order valence-corrected chi connectivity index (χ3v) is 4.59. The Morgan fingerprint density at radius 1 is 1.26 bits per heavy atom. The van der Waals surface area contributed by atoms with E-state index in [4.69, 9.17) is 14.7 Å². The zero-order valence-corrected chi connectivity index (χ0v) is 14.8. The fourth-order valence-electron chi connectivity index (χ4n) is 3.23. The number of amides is 1. The van der Waals surface area contributed by atoms with Crippen molar-refractivity contribution in [2.24, 2.45) is 5.92 Å². The Bertz CT molecular complexity index is 1070. The molecule has 0 radical (unpaired) electrons. The SMILES string of the molecule is COc1cc(-c2cc3c(N4CCC(C#N)C4=O)ccnn3c2)c(OC)nn1. The molecule has 9 nitrogen and oxygen atoms in total. The molecule has 3 aromatic rings. The average molecular weight is 364 g/mol. The van der Waals surface area contributed by atoms with Gasteiger partial charge in [-0.25, -0.2) is 4.52 Å². The minimum absolute atomic E-state index is 0.182. The molecule has 1 aliphatic rings. The molecule has 0 bridgehead atoms. The number of aromatic nitrogens is 4. The van der Waals surface area contributed by atoms with Gasteiger partial charge in [0.15, 0.2) is 0 Å². The molecule has 1 unspecified atom stereocenters. The van der Waals surface area contributed by atoms with Crippen molar-refractivity contribution in [1.29, 1.82) is 5.26 Å². The molecule has 4 rings (SSSR count). The summed E-state index contributed by atoms with van der Waals surface area (Å²) in [5, 5.41) is 21.4. The summed E-state index contributed by atoms with van der Waals surface area (Å²) >= 11 is 0. The van der Waals surface area contributed by atoms with Crippen LogP contribution in [0, 0.1) is 17.2 Å². The molecule has 136 valence electrons. The molecule has 27 heavy (non-hydrogen) atoms. The van der Waals surface area contributed by atoms with Crippen molar-refractivity contribution < 1.29 is 14.3 Å². The van der Waals surface area contributed by atoms with Crippen molar-refractivity contribution in [2.45, 2.75) is 6.42 Å². The number of fused-ring (bicyclic) bond motifs is 1. The Morgan fingerprint density at radius 3 is 2.81 bits per heavy atom. The molecule has 1 amide bonds. The van der Waals surface area contributed by atoms with Crippen LogP contribution in [-0.4, -0.2) is 46.5 Å². The average Bonchev–Trinajstić information content (AvgIpc) is 3.30. The van der Waals surface area contributed by atoms with Gasteiger partial charge in [-0.2, -0.15) is 10.4 Å². The van der Waals surface area contributed by atoms with Crippen LogP contribution in [0.5, 0.6) is 11.8 Å². The first-order valence-electron chi connectivity index (χ1n) is 8.30.